The average molecular weight is 540 g/mol. The van der Waals surface area contributed by atoms with Crippen molar-refractivity contribution in [3.8, 4) is 0 Å². The second kappa shape index (κ2) is 9.42. The molecule has 1 aliphatic carbocycles. The summed E-state index contributed by atoms with van der Waals surface area (Å²) >= 11 is 0. The number of carbonyl (C=O) groups is 7. The van der Waals surface area contributed by atoms with Crippen LogP contribution in [0.3, 0.4) is 0 Å². The van der Waals surface area contributed by atoms with Gasteiger partial charge < -0.3 is 15.1 Å². The molecule has 1 fully saturated rings. The summed E-state index contributed by atoms with van der Waals surface area (Å²) in [5, 5.41) is 7.79. The molecule has 2 aromatic carbocycles. The summed E-state index contributed by atoms with van der Waals surface area (Å²) in [6.07, 6.45) is 0.0624. The second-order valence-corrected chi connectivity index (χ2v) is 9.42. The molecule has 0 saturated carbocycles. The average Bonchev–Trinajstić information content (AvgIpc) is 3.51. The molecule has 40 heavy (non-hydrogen) atoms. The predicted octanol–water partition coefficient (Wildman–Crippen LogP) is 1.30. The molecule has 1 aromatic heterocycles. The van der Waals surface area contributed by atoms with Crippen LogP contribution in [-0.2, 0) is 9.59 Å². The first-order valence-corrected chi connectivity index (χ1v) is 12.4. The number of hydrogen-bond donors (Lipinski definition) is 3. The minimum Gasteiger partial charge on any atom is -0.447 e. The van der Waals surface area contributed by atoms with Crippen molar-refractivity contribution in [2.75, 3.05) is 18.4 Å². The van der Waals surface area contributed by atoms with Gasteiger partial charge in [0.05, 0.1) is 16.7 Å². The van der Waals surface area contributed by atoms with Crippen LogP contribution in [0.2, 0.25) is 0 Å². The number of rotatable bonds is 6. The Hall–Kier alpha value is -5.39. The highest BCUT2D eigenvalue weighted by molar-refractivity contribution is 6.28. The van der Waals surface area contributed by atoms with Crippen LogP contribution in [0.1, 0.15) is 76.2 Å². The zero-order valence-corrected chi connectivity index (χ0v) is 20.7. The molecule has 1 saturated heterocycles. The lowest BCUT2D eigenvalue weighted by molar-refractivity contribution is -0.136. The van der Waals surface area contributed by atoms with Gasteiger partial charge in [0.1, 0.15) is 6.04 Å². The molecular formula is C28H20N4O8. The fraction of sp³-hybridized carbons (Fsp3) is 0.179. The van der Waals surface area contributed by atoms with Crippen molar-refractivity contribution in [3.63, 3.8) is 0 Å². The highest BCUT2D eigenvalue weighted by atomic mass is 16.4. The first-order chi connectivity index (χ1) is 19.3. The maximum absolute atomic E-state index is 13.2. The third kappa shape index (κ3) is 3.88. The van der Waals surface area contributed by atoms with Crippen LogP contribution in [0.15, 0.2) is 52.9 Å². The van der Waals surface area contributed by atoms with E-state index in [-0.39, 0.29) is 65.3 Å². The molecule has 0 radical (unpaired) electrons. The number of ketones is 2. The quantitative estimate of drug-likeness (QED) is 0.241. The van der Waals surface area contributed by atoms with Crippen molar-refractivity contribution in [2.45, 2.75) is 18.9 Å². The molecule has 3 aromatic rings. The zero-order valence-electron chi connectivity index (χ0n) is 20.7. The van der Waals surface area contributed by atoms with Crippen molar-refractivity contribution in [1.82, 2.24) is 15.5 Å². The zero-order chi connectivity index (χ0) is 28.1. The Bertz CT molecular complexity index is 1630. The Morgan fingerprint density at radius 3 is 2.35 bits per heavy atom. The van der Waals surface area contributed by atoms with Crippen molar-refractivity contribution >= 4 is 46.8 Å². The van der Waals surface area contributed by atoms with Gasteiger partial charge in [-0.1, -0.05) is 30.3 Å². The van der Waals surface area contributed by atoms with Gasteiger partial charge in [0.15, 0.2) is 17.3 Å². The topological polar surface area (TPSA) is 172 Å². The van der Waals surface area contributed by atoms with E-state index in [2.05, 4.69) is 16.0 Å². The summed E-state index contributed by atoms with van der Waals surface area (Å²) in [6.45, 7) is 0.209. The van der Waals surface area contributed by atoms with Crippen LogP contribution in [0, 0.1) is 0 Å². The summed E-state index contributed by atoms with van der Waals surface area (Å²) < 4.78 is 5.45. The smallest absolute Gasteiger partial charge is 0.287 e. The molecule has 5 amide bonds. The first kappa shape index (κ1) is 24.9. The number of carbonyl (C=O) groups excluding carboxylic acids is 7. The lowest BCUT2D eigenvalue weighted by Gasteiger charge is -2.27. The molecular weight excluding hydrogens is 520 g/mol. The van der Waals surface area contributed by atoms with Gasteiger partial charge in [-0.3, -0.25) is 43.8 Å². The molecule has 3 aliphatic rings. The van der Waals surface area contributed by atoms with Gasteiger partial charge in [0, 0.05) is 42.4 Å². The minimum atomic E-state index is -1.08. The van der Waals surface area contributed by atoms with Crippen molar-refractivity contribution < 1.29 is 38.0 Å². The molecule has 2 aliphatic heterocycles. The number of anilines is 1. The normalized spacial score (nSPS) is 17.8. The van der Waals surface area contributed by atoms with Gasteiger partial charge in [-0.2, -0.15) is 0 Å². The van der Waals surface area contributed by atoms with E-state index in [4.69, 9.17) is 4.42 Å². The van der Waals surface area contributed by atoms with E-state index < -0.39 is 47.1 Å². The van der Waals surface area contributed by atoms with Crippen LogP contribution in [0.4, 0.5) is 5.69 Å². The van der Waals surface area contributed by atoms with E-state index in [0.717, 1.165) is 4.90 Å². The van der Waals surface area contributed by atoms with E-state index in [1.54, 1.807) is 30.3 Å². The van der Waals surface area contributed by atoms with E-state index in [9.17, 15) is 33.6 Å². The summed E-state index contributed by atoms with van der Waals surface area (Å²) in [5.41, 5.74) is 1.04. The van der Waals surface area contributed by atoms with Gasteiger partial charge in [0.2, 0.25) is 17.6 Å². The fourth-order valence-electron chi connectivity index (χ4n) is 5.11. The molecule has 6 rings (SSSR count). The van der Waals surface area contributed by atoms with Crippen molar-refractivity contribution in [2.24, 2.45) is 0 Å². The number of hydrogen-bond acceptors (Lipinski definition) is 9. The predicted molar refractivity (Wildman–Crippen MR) is 136 cm³/mol. The van der Waals surface area contributed by atoms with E-state index >= 15 is 0 Å². The lowest BCUT2D eigenvalue weighted by atomic mass is 9.89. The number of nitrogens with one attached hydrogen (secondary N) is 3. The van der Waals surface area contributed by atoms with Gasteiger partial charge in [-0.25, -0.2) is 0 Å². The lowest BCUT2D eigenvalue weighted by Crippen LogP contribution is -2.54. The second-order valence-electron chi connectivity index (χ2n) is 9.42. The first-order valence-electron chi connectivity index (χ1n) is 12.4. The maximum Gasteiger partial charge on any atom is 0.287 e. The molecule has 1 unspecified atom stereocenters. The Morgan fingerprint density at radius 2 is 1.60 bits per heavy atom. The SMILES string of the molecule is O=C1CCC(N2C(=O)c3cccc(NCCNC(=O)c4cc5c(o4)C(=O)c4ccccc4C5=O)c3C2=O)C(=O)N1. The van der Waals surface area contributed by atoms with E-state index in [1.807, 2.05) is 0 Å². The number of amides is 5. The van der Waals surface area contributed by atoms with Crippen LogP contribution in [0.5, 0.6) is 0 Å². The highest BCUT2D eigenvalue weighted by Gasteiger charge is 2.45. The molecule has 1 atom stereocenters. The summed E-state index contributed by atoms with van der Waals surface area (Å²) in [5.74, 6) is -4.34. The monoisotopic (exact) mass is 540 g/mol. The molecule has 3 heterocycles. The molecule has 200 valence electrons. The Balaban J connectivity index is 1.11. The third-order valence-corrected chi connectivity index (χ3v) is 7.02. The van der Waals surface area contributed by atoms with Crippen LogP contribution in [0.25, 0.3) is 0 Å². The fourth-order valence-corrected chi connectivity index (χ4v) is 5.11. The number of piperidine rings is 1. The number of imide groups is 2. The molecule has 12 nitrogen and oxygen atoms in total. The van der Waals surface area contributed by atoms with Crippen LogP contribution in [-0.4, -0.2) is 65.1 Å². The summed E-state index contributed by atoms with van der Waals surface area (Å²) in [7, 11) is 0. The van der Waals surface area contributed by atoms with Gasteiger partial charge in [-0.15, -0.1) is 0 Å². The number of nitrogens with zero attached hydrogens (tertiary/aromatic N) is 1. The molecule has 3 N–H and O–H groups in total. The summed E-state index contributed by atoms with van der Waals surface area (Å²) in [4.78, 5) is 89.0. The van der Waals surface area contributed by atoms with Crippen molar-refractivity contribution in [1.29, 1.82) is 0 Å². The van der Waals surface area contributed by atoms with E-state index in [1.165, 1.54) is 18.2 Å². The minimum absolute atomic E-state index is 0.0164. The van der Waals surface area contributed by atoms with Crippen LogP contribution < -0.4 is 16.0 Å². The summed E-state index contributed by atoms with van der Waals surface area (Å²) in [6, 6.07) is 11.2. The van der Waals surface area contributed by atoms with Crippen LogP contribution >= 0.6 is 0 Å². The number of fused-ring (bicyclic) bond motifs is 3. The molecule has 12 heteroatoms. The number of furan rings is 1. The standard InChI is InChI=1S/C28H20N4O8/c33-20-9-8-18(25(36)31-20)32-27(38)15-6-3-7-17(21(15)28(32)39)29-10-11-30-26(37)19-12-16-22(34)13-4-1-2-5-14(13)23(35)24(16)40-19/h1-7,12,18,29H,8-11H2,(H,30,37)(H,31,33,36). The highest BCUT2D eigenvalue weighted by Crippen LogP contribution is 2.32. The van der Waals surface area contributed by atoms with Gasteiger partial charge >= 0.3 is 0 Å². The molecule has 0 bridgehead atoms. The number of benzene rings is 2. The Labute approximate surface area is 225 Å². The Morgan fingerprint density at radius 1 is 0.875 bits per heavy atom. The van der Waals surface area contributed by atoms with Gasteiger partial charge in [-0.05, 0) is 18.6 Å². The Kier molecular flexibility index (Phi) is 5.87. The van der Waals surface area contributed by atoms with Gasteiger partial charge in [0.25, 0.3) is 17.7 Å². The van der Waals surface area contributed by atoms with Crippen molar-refractivity contribution in [3.05, 3.63) is 87.9 Å². The maximum atomic E-state index is 13.2. The largest absolute Gasteiger partial charge is 0.447 e. The van der Waals surface area contributed by atoms with E-state index in [0.29, 0.717) is 5.69 Å². The third-order valence-electron chi connectivity index (χ3n) is 7.02. The molecule has 0 spiro atoms.